The minimum absolute atomic E-state index is 0.0409. The zero-order valence-electron chi connectivity index (χ0n) is 9.21. The quantitative estimate of drug-likeness (QED) is 0.619. The second-order valence-corrected chi connectivity index (χ2v) is 6.34. The Morgan fingerprint density at radius 2 is 2.22 bits per heavy atom. The van der Waals surface area contributed by atoms with Gasteiger partial charge in [0, 0.05) is 18.9 Å². The van der Waals surface area contributed by atoms with Crippen LogP contribution in [-0.2, 0) is 15.0 Å². The summed E-state index contributed by atoms with van der Waals surface area (Å²) < 4.78 is 34.3. The van der Waals surface area contributed by atoms with Gasteiger partial charge in [-0.25, -0.2) is 4.98 Å². The topological polar surface area (TPSA) is 67.3 Å². The number of carbonyl (C=O) groups excluding carboxylic acids is 1. The lowest BCUT2D eigenvalue weighted by Crippen LogP contribution is -2.25. The van der Waals surface area contributed by atoms with Crippen LogP contribution in [0.4, 0.5) is 9.57 Å². The Labute approximate surface area is 112 Å². The van der Waals surface area contributed by atoms with Crippen LogP contribution >= 0.6 is 15.9 Å². The van der Waals surface area contributed by atoms with Crippen molar-refractivity contribution in [1.82, 2.24) is 4.98 Å². The molecule has 1 saturated heterocycles. The number of nitrogens with zero attached hydrogens (tertiary/aromatic N) is 2. The number of halogens is 2. The lowest BCUT2D eigenvalue weighted by atomic mass is 10.1. The van der Waals surface area contributed by atoms with Crippen LogP contribution in [0.3, 0.4) is 0 Å². The highest BCUT2D eigenvalue weighted by molar-refractivity contribution is 9.10. The summed E-state index contributed by atoms with van der Waals surface area (Å²) in [6.45, 7) is 0.200. The molecule has 1 aromatic heterocycles. The fourth-order valence-corrected chi connectivity index (χ4v) is 2.97. The van der Waals surface area contributed by atoms with Crippen molar-refractivity contribution >= 4 is 37.7 Å². The van der Waals surface area contributed by atoms with Crippen molar-refractivity contribution < 1.29 is 17.1 Å². The second-order valence-electron chi connectivity index (χ2n) is 4.12. The third-order valence-corrected chi connectivity index (χ3v) is 4.00. The summed E-state index contributed by atoms with van der Waals surface area (Å²) in [6.07, 6.45) is 1.55. The first-order valence-corrected chi connectivity index (χ1v) is 7.54. The highest BCUT2D eigenvalue weighted by Crippen LogP contribution is 2.26. The maximum atomic E-state index is 12.6. The number of carbonyl (C=O) groups is 1. The molecule has 8 heteroatoms. The molecule has 1 unspecified atom stereocenters. The molecule has 1 aliphatic heterocycles. The number of pyridine rings is 1. The highest BCUT2D eigenvalue weighted by Gasteiger charge is 2.33. The molecule has 2 heterocycles. The van der Waals surface area contributed by atoms with E-state index in [4.69, 9.17) is 0 Å². The van der Waals surface area contributed by atoms with E-state index < -0.39 is 21.9 Å². The molecule has 98 valence electrons. The Kier molecular flexibility index (Phi) is 3.67. The van der Waals surface area contributed by atoms with E-state index in [1.807, 2.05) is 0 Å². The monoisotopic (exact) mass is 336 g/mol. The average Bonchev–Trinajstić information content (AvgIpc) is 2.58. The van der Waals surface area contributed by atoms with Crippen molar-refractivity contribution in [2.75, 3.05) is 17.2 Å². The van der Waals surface area contributed by atoms with Gasteiger partial charge in [-0.2, -0.15) is 8.42 Å². The van der Waals surface area contributed by atoms with Crippen LogP contribution in [0.2, 0.25) is 0 Å². The lowest BCUT2D eigenvalue weighted by molar-refractivity contribution is -0.117. The molecule has 0 bridgehead atoms. The Hall–Kier alpha value is -1.02. The van der Waals surface area contributed by atoms with Gasteiger partial charge >= 0.3 is 10.2 Å². The molecule has 1 amide bonds. The van der Waals surface area contributed by atoms with Crippen molar-refractivity contribution in [3.05, 3.63) is 22.9 Å². The molecule has 0 spiro atoms. The molecule has 1 atom stereocenters. The van der Waals surface area contributed by atoms with Crippen LogP contribution in [0.5, 0.6) is 0 Å². The third kappa shape index (κ3) is 3.26. The first-order valence-electron chi connectivity index (χ1n) is 5.19. The summed E-state index contributed by atoms with van der Waals surface area (Å²) in [5.74, 6) is -1.33. The SMILES string of the molecule is O=C1CC(CS(=O)(=O)F)CN1c1ccc(Br)nc1. The number of hydrogen-bond acceptors (Lipinski definition) is 4. The average molecular weight is 337 g/mol. The smallest absolute Gasteiger partial charge is 0.302 e. The second kappa shape index (κ2) is 4.93. The van der Waals surface area contributed by atoms with Gasteiger partial charge in [0.05, 0.1) is 17.6 Å². The molecule has 2 rings (SSSR count). The molecular formula is C10H10BrFN2O3S. The largest absolute Gasteiger partial charge is 0.311 e. The maximum Gasteiger partial charge on any atom is 0.302 e. The molecule has 1 aromatic rings. The van der Waals surface area contributed by atoms with Gasteiger partial charge in [-0.3, -0.25) is 4.79 Å². The molecule has 0 radical (unpaired) electrons. The molecule has 1 fully saturated rings. The molecule has 1 aliphatic rings. The summed E-state index contributed by atoms with van der Waals surface area (Å²) in [5.41, 5.74) is 0.585. The van der Waals surface area contributed by atoms with Gasteiger partial charge in [-0.1, -0.05) is 0 Å². The van der Waals surface area contributed by atoms with Crippen molar-refractivity contribution in [2.45, 2.75) is 6.42 Å². The molecule has 0 N–H and O–H groups in total. The van der Waals surface area contributed by atoms with Crippen molar-refractivity contribution in [1.29, 1.82) is 0 Å². The van der Waals surface area contributed by atoms with Gasteiger partial charge in [0.2, 0.25) is 5.91 Å². The summed E-state index contributed by atoms with van der Waals surface area (Å²) in [4.78, 5) is 17.1. The molecule has 18 heavy (non-hydrogen) atoms. The highest BCUT2D eigenvalue weighted by atomic mass is 79.9. The van der Waals surface area contributed by atoms with E-state index in [-0.39, 0.29) is 18.9 Å². The van der Waals surface area contributed by atoms with Crippen LogP contribution in [-0.4, -0.2) is 31.6 Å². The van der Waals surface area contributed by atoms with Crippen molar-refractivity contribution in [3.8, 4) is 0 Å². The number of amides is 1. The van der Waals surface area contributed by atoms with E-state index in [0.717, 1.165) is 0 Å². The predicted molar refractivity (Wildman–Crippen MR) is 67.3 cm³/mol. The van der Waals surface area contributed by atoms with E-state index in [1.54, 1.807) is 12.1 Å². The summed E-state index contributed by atoms with van der Waals surface area (Å²) in [7, 11) is -4.55. The van der Waals surface area contributed by atoms with E-state index in [1.165, 1.54) is 11.1 Å². The van der Waals surface area contributed by atoms with E-state index >= 15 is 0 Å². The molecule has 0 saturated carbocycles. The summed E-state index contributed by atoms with van der Waals surface area (Å²) in [5, 5.41) is 0. The predicted octanol–water partition coefficient (Wildman–Crippen LogP) is 1.50. The first-order chi connectivity index (χ1) is 8.35. The van der Waals surface area contributed by atoms with Crippen molar-refractivity contribution in [2.24, 2.45) is 5.92 Å². The lowest BCUT2D eigenvalue weighted by Gasteiger charge is -2.15. The van der Waals surface area contributed by atoms with Crippen molar-refractivity contribution in [3.63, 3.8) is 0 Å². The number of aromatic nitrogens is 1. The Balaban J connectivity index is 2.12. The van der Waals surface area contributed by atoms with Gasteiger partial charge in [-0.15, -0.1) is 3.89 Å². The fraction of sp³-hybridized carbons (Fsp3) is 0.400. The van der Waals surface area contributed by atoms with Gasteiger partial charge in [-0.05, 0) is 28.1 Å². The molecular weight excluding hydrogens is 327 g/mol. The van der Waals surface area contributed by atoms with Crippen LogP contribution in [0.15, 0.2) is 22.9 Å². The Bertz CT molecular complexity index is 561. The standard InChI is InChI=1S/C10H10BrFN2O3S/c11-9-2-1-8(4-13-9)14-5-7(3-10(14)15)6-18(12,16)17/h1-2,4,7H,3,5-6H2. The van der Waals surface area contributed by atoms with Crippen LogP contribution in [0, 0.1) is 5.92 Å². The first kappa shape index (κ1) is 13.4. The van der Waals surface area contributed by atoms with Crippen LogP contribution < -0.4 is 4.90 Å². The molecule has 0 aliphatic carbocycles. The van der Waals surface area contributed by atoms with Gasteiger partial charge < -0.3 is 4.90 Å². The van der Waals surface area contributed by atoms with Crippen LogP contribution in [0.25, 0.3) is 0 Å². The summed E-state index contributed by atoms with van der Waals surface area (Å²) >= 11 is 3.18. The van der Waals surface area contributed by atoms with Gasteiger partial charge in [0.1, 0.15) is 4.60 Å². The molecule has 0 aromatic carbocycles. The van der Waals surface area contributed by atoms with Gasteiger partial charge in [0.15, 0.2) is 0 Å². The Morgan fingerprint density at radius 3 is 2.78 bits per heavy atom. The number of rotatable bonds is 3. The normalized spacial score (nSPS) is 20.4. The number of anilines is 1. The zero-order chi connectivity index (χ0) is 13.3. The van der Waals surface area contributed by atoms with E-state index in [0.29, 0.717) is 10.3 Å². The third-order valence-electron chi connectivity index (χ3n) is 2.66. The number of hydrogen-bond donors (Lipinski definition) is 0. The minimum Gasteiger partial charge on any atom is -0.311 e. The van der Waals surface area contributed by atoms with Gasteiger partial charge in [0.25, 0.3) is 0 Å². The maximum absolute atomic E-state index is 12.6. The van der Waals surface area contributed by atoms with E-state index in [9.17, 15) is 17.1 Å². The zero-order valence-corrected chi connectivity index (χ0v) is 11.6. The molecule has 5 nitrogen and oxygen atoms in total. The fourth-order valence-electron chi connectivity index (χ4n) is 1.95. The minimum atomic E-state index is -4.55. The van der Waals surface area contributed by atoms with E-state index in [2.05, 4.69) is 20.9 Å². The summed E-state index contributed by atoms with van der Waals surface area (Å²) in [6, 6.07) is 3.38. The Morgan fingerprint density at radius 1 is 1.50 bits per heavy atom. The van der Waals surface area contributed by atoms with Crippen LogP contribution in [0.1, 0.15) is 6.42 Å².